The number of hydrogen-bond acceptors (Lipinski definition) is 5. The molecule has 27 heavy (non-hydrogen) atoms. The van der Waals surface area contributed by atoms with Crippen LogP contribution in [0.3, 0.4) is 0 Å². The number of nitrogens with zero attached hydrogens (tertiary/aromatic N) is 2. The summed E-state index contributed by atoms with van der Waals surface area (Å²) < 4.78 is 5.39. The standard InChI is InChI=1S/C19H25N3O5/c1-5-8-13-11-21(18(24)27-19(2,3)4)12-14(13)17(23)20-15-9-6-7-10-16(15)22(25)26/h5-7,9-10,13-14H,1,8,11-12H2,2-4H3,(H,20,23)/t13-,14+/m0/s1. The van der Waals surface area contributed by atoms with Crippen LogP contribution in [-0.4, -0.2) is 40.5 Å². The highest BCUT2D eigenvalue weighted by molar-refractivity contribution is 5.95. The third kappa shape index (κ3) is 5.29. The number of hydrogen-bond donors (Lipinski definition) is 1. The summed E-state index contributed by atoms with van der Waals surface area (Å²) in [4.78, 5) is 37.2. The maximum absolute atomic E-state index is 12.8. The average Bonchev–Trinajstić information content (AvgIpc) is 2.98. The van der Waals surface area contributed by atoms with Gasteiger partial charge in [0.15, 0.2) is 0 Å². The third-order valence-corrected chi connectivity index (χ3v) is 4.26. The molecule has 1 heterocycles. The predicted molar refractivity (Wildman–Crippen MR) is 101 cm³/mol. The number of rotatable bonds is 5. The maximum atomic E-state index is 12.8. The molecule has 0 aromatic heterocycles. The van der Waals surface area contributed by atoms with Crippen LogP contribution in [-0.2, 0) is 9.53 Å². The van der Waals surface area contributed by atoms with Crippen LogP contribution in [0, 0.1) is 22.0 Å². The molecule has 8 heteroatoms. The van der Waals surface area contributed by atoms with Crippen LogP contribution in [0.4, 0.5) is 16.2 Å². The Morgan fingerprint density at radius 2 is 2.04 bits per heavy atom. The van der Waals surface area contributed by atoms with Crippen molar-refractivity contribution < 1.29 is 19.2 Å². The van der Waals surface area contributed by atoms with E-state index in [2.05, 4.69) is 11.9 Å². The molecule has 1 fully saturated rings. The molecule has 0 bridgehead atoms. The molecule has 0 unspecified atom stereocenters. The molecule has 1 aliphatic rings. The first kappa shape index (κ1) is 20.4. The van der Waals surface area contributed by atoms with Gasteiger partial charge < -0.3 is 15.0 Å². The SMILES string of the molecule is C=CC[C@H]1CN(C(=O)OC(C)(C)C)C[C@H]1C(=O)Nc1ccccc1[N+](=O)[O-]. The Bertz CT molecular complexity index is 741. The van der Waals surface area contributed by atoms with E-state index in [0.29, 0.717) is 13.0 Å². The first-order valence-electron chi connectivity index (χ1n) is 8.75. The van der Waals surface area contributed by atoms with Gasteiger partial charge in [-0.2, -0.15) is 0 Å². The van der Waals surface area contributed by atoms with Crippen LogP contribution in [0.5, 0.6) is 0 Å². The van der Waals surface area contributed by atoms with Crippen molar-refractivity contribution in [2.24, 2.45) is 11.8 Å². The number of benzene rings is 1. The van der Waals surface area contributed by atoms with E-state index in [0.717, 1.165) is 0 Å². The molecular formula is C19H25N3O5. The number of allylic oxidation sites excluding steroid dienone is 1. The van der Waals surface area contributed by atoms with Gasteiger partial charge in [0.1, 0.15) is 11.3 Å². The quantitative estimate of drug-likeness (QED) is 0.481. The largest absolute Gasteiger partial charge is 0.444 e. The lowest BCUT2D eigenvalue weighted by Crippen LogP contribution is -2.36. The lowest BCUT2D eigenvalue weighted by Gasteiger charge is -2.24. The number of likely N-dealkylation sites (tertiary alicyclic amines) is 1. The fourth-order valence-electron chi connectivity index (χ4n) is 3.06. The molecule has 0 aliphatic carbocycles. The highest BCUT2D eigenvalue weighted by atomic mass is 16.6. The van der Waals surface area contributed by atoms with E-state index in [1.165, 1.54) is 23.1 Å². The Labute approximate surface area is 158 Å². The second-order valence-corrected chi connectivity index (χ2v) is 7.54. The monoisotopic (exact) mass is 375 g/mol. The van der Waals surface area contributed by atoms with Crippen molar-refractivity contribution in [3.05, 3.63) is 47.0 Å². The van der Waals surface area contributed by atoms with Crippen molar-refractivity contribution in [1.82, 2.24) is 4.90 Å². The van der Waals surface area contributed by atoms with E-state index in [4.69, 9.17) is 4.74 Å². The summed E-state index contributed by atoms with van der Waals surface area (Å²) in [5, 5.41) is 13.8. The van der Waals surface area contributed by atoms with E-state index in [1.54, 1.807) is 32.9 Å². The van der Waals surface area contributed by atoms with Crippen molar-refractivity contribution in [3.8, 4) is 0 Å². The topological polar surface area (TPSA) is 102 Å². The smallest absolute Gasteiger partial charge is 0.410 e. The van der Waals surface area contributed by atoms with Gasteiger partial charge in [0.2, 0.25) is 5.91 Å². The average molecular weight is 375 g/mol. The third-order valence-electron chi connectivity index (χ3n) is 4.26. The predicted octanol–water partition coefficient (Wildman–Crippen LogP) is 3.59. The molecule has 0 saturated carbocycles. The summed E-state index contributed by atoms with van der Waals surface area (Å²) in [6, 6.07) is 5.97. The van der Waals surface area contributed by atoms with Crippen LogP contribution in [0.2, 0.25) is 0 Å². The zero-order valence-electron chi connectivity index (χ0n) is 15.8. The minimum absolute atomic E-state index is 0.127. The van der Waals surface area contributed by atoms with Gasteiger partial charge in [-0.05, 0) is 39.2 Å². The van der Waals surface area contributed by atoms with Crippen molar-refractivity contribution in [2.45, 2.75) is 32.8 Å². The molecule has 2 amide bonds. The van der Waals surface area contributed by atoms with E-state index < -0.39 is 22.5 Å². The van der Waals surface area contributed by atoms with Gasteiger partial charge in [-0.15, -0.1) is 6.58 Å². The van der Waals surface area contributed by atoms with E-state index in [-0.39, 0.29) is 29.7 Å². The summed E-state index contributed by atoms with van der Waals surface area (Å²) >= 11 is 0. The minimum Gasteiger partial charge on any atom is -0.444 e. The number of carbonyl (C=O) groups excluding carboxylic acids is 2. The van der Waals surface area contributed by atoms with Gasteiger partial charge in [-0.25, -0.2) is 4.79 Å². The van der Waals surface area contributed by atoms with Crippen LogP contribution < -0.4 is 5.32 Å². The fraction of sp³-hybridized carbons (Fsp3) is 0.474. The number of anilines is 1. The molecule has 2 atom stereocenters. The van der Waals surface area contributed by atoms with Gasteiger partial charge in [-0.1, -0.05) is 18.2 Å². The molecule has 1 aromatic rings. The lowest BCUT2D eigenvalue weighted by molar-refractivity contribution is -0.383. The van der Waals surface area contributed by atoms with Crippen molar-refractivity contribution in [2.75, 3.05) is 18.4 Å². The molecule has 146 valence electrons. The summed E-state index contributed by atoms with van der Waals surface area (Å²) in [7, 11) is 0. The van der Waals surface area contributed by atoms with Crippen molar-refractivity contribution in [1.29, 1.82) is 0 Å². The molecule has 0 spiro atoms. The fourth-order valence-corrected chi connectivity index (χ4v) is 3.06. The summed E-state index contributed by atoms with van der Waals surface area (Å²) in [6.45, 7) is 9.61. The Morgan fingerprint density at radius 3 is 2.63 bits per heavy atom. The maximum Gasteiger partial charge on any atom is 0.410 e. The molecule has 1 saturated heterocycles. The number of nitro groups is 1. The highest BCUT2D eigenvalue weighted by Gasteiger charge is 2.40. The number of para-hydroxylation sites is 2. The number of ether oxygens (including phenoxy) is 1. The molecule has 1 N–H and O–H groups in total. The number of nitro benzene ring substituents is 1. The summed E-state index contributed by atoms with van der Waals surface area (Å²) in [5.41, 5.74) is -0.663. The zero-order chi connectivity index (χ0) is 20.2. The van der Waals surface area contributed by atoms with Crippen LogP contribution in [0.15, 0.2) is 36.9 Å². The van der Waals surface area contributed by atoms with E-state index in [1.807, 2.05) is 0 Å². The Hall–Kier alpha value is -2.90. The molecule has 0 radical (unpaired) electrons. The summed E-state index contributed by atoms with van der Waals surface area (Å²) in [6.07, 6.45) is 1.78. The Morgan fingerprint density at radius 1 is 1.37 bits per heavy atom. The van der Waals surface area contributed by atoms with Gasteiger partial charge in [0.05, 0.1) is 10.8 Å². The molecule has 8 nitrogen and oxygen atoms in total. The van der Waals surface area contributed by atoms with Crippen LogP contribution in [0.1, 0.15) is 27.2 Å². The van der Waals surface area contributed by atoms with Crippen molar-refractivity contribution in [3.63, 3.8) is 0 Å². The van der Waals surface area contributed by atoms with E-state index >= 15 is 0 Å². The second kappa shape index (κ2) is 8.20. The zero-order valence-corrected chi connectivity index (χ0v) is 15.8. The molecular weight excluding hydrogens is 350 g/mol. The Balaban J connectivity index is 2.15. The lowest BCUT2D eigenvalue weighted by atomic mass is 9.92. The normalized spacial score (nSPS) is 19.4. The van der Waals surface area contributed by atoms with Gasteiger partial charge in [0.25, 0.3) is 5.69 Å². The van der Waals surface area contributed by atoms with Gasteiger partial charge in [-0.3, -0.25) is 14.9 Å². The number of amides is 2. The first-order chi connectivity index (χ1) is 12.6. The molecule has 2 rings (SSSR count). The van der Waals surface area contributed by atoms with Gasteiger partial charge >= 0.3 is 6.09 Å². The summed E-state index contributed by atoms with van der Waals surface area (Å²) in [5.74, 6) is -0.990. The van der Waals surface area contributed by atoms with Gasteiger partial charge in [0, 0.05) is 19.2 Å². The Kier molecular flexibility index (Phi) is 6.20. The molecule has 1 aliphatic heterocycles. The first-order valence-corrected chi connectivity index (χ1v) is 8.75. The second-order valence-electron chi connectivity index (χ2n) is 7.54. The van der Waals surface area contributed by atoms with Crippen LogP contribution >= 0.6 is 0 Å². The minimum atomic E-state index is -0.629. The highest BCUT2D eigenvalue weighted by Crippen LogP contribution is 2.31. The van der Waals surface area contributed by atoms with Crippen molar-refractivity contribution >= 4 is 23.4 Å². The number of nitrogens with one attached hydrogen (secondary N) is 1. The molecule has 1 aromatic carbocycles. The van der Waals surface area contributed by atoms with E-state index in [9.17, 15) is 19.7 Å². The number of carbonyl (C=O) groups is 2. The van der Waals surface area contributed by atoms with Crippen LogP contribution in [0.25, 0.3) is 0 Å².